The van der Waals surface area contributed by atoms with Crippen LogP contribution in [0, 0.1) is 0 Å². The molecule has 0 saturated carbocycles. The lowest BCUT2D eigenvalue weighted by atomic mass is 10.1. The van der Waals surface area contributed by atoms with Crippen molar-refractivity contribution in [2.45, 2.75) is 26.5 Å². The largest absolute Gasteiger partial charge is 0.434 e. The van der Waals surface area contributed by atoms with Gasteiger partial charge in [-0.25, -0.2) is 19.7 Å². The fraction of sp³-hybridized carbons (Fsp3) is 0.333. The molecule has 0 bridgehead atoms. The minimum Gasteiger partial charge on any atom is -0.434 e. The Labute approximate surface area is 109 Å². The molecule has 19 heavy (non-hydrogen) atoms. The van der Waals surface area contributed by atoms with E-state index in [0.29, 0.717) is 22.6 Å². The van der Waals surface area contributed by atoms with Gasteiger partial charge in [0, 0.05) is 11.1 Å². The van der Waals surface area contributed by atoms with Gasteiger partial charge in [0.05, 0.1) is 0 Å². The average Bonchev–Trinajstić information content (AvgIpc) is 2.93. The smallest absolute Gasteiger partial charge is 0.336 e. The summed E-state index contributed by atoms with van der Waals surface area (Å²) in [5.41, 5.74) is 8.40. The first-order valence-corrected chi connectivity index (χ1v) is 5.97. The number of nitrogens with zero attached hydrogens (tertiary/aromatic N) is 4. The molecule has 0 aliphatic carbocycles. The molecule has 3 rings (SSSR count). The fourth-order valence-corrected chi connectivity index (χ4v) is 2.28. The third-order valence-corrected chi connectivity index (χ3v) is 3.33. The number of aromatic nitrogens is 4. The highest BCUT2D eigenvalue weighted by Gasteiger charge is 2.32. The van der Waals surface area contributed by atoms with Crippen molar-refractivity contribution in [1.29, 1.82) is 0 Å². The molecule has 2 aromatic heterocycles. The summed E-state index contributed by atoms with van der Waals surface area (Å²) < 4.78 is 7.09. The molecule has 7 heteroatoms. The van der Waals surface area contributed by atoms with E-state index in [0.717, 1.165) is 12.0 Å². The number of ether oxygens (including phenoxy) is 1. The molecule has 0 saturated heterocycles. The van der Waals surface area contributed by atoms with E-state index in [1.54, 1.807) is 17.8 Å². The van der Waals surface area contributed by atoms with Gasteiger partial charge in [-0.2, -0.15) is 0 Å². The quantitative estimate of drug-likeness (QED) is 0.814. The number of fused-ring (bicyclic) bond motifs is 1. The van der Waals surface area contributed by atoms with Gasteiger partial charge in [0.25, 0.3) is 0 Å². The first kappa shape index (κ1) is 11.6. The van der Waals surface area contributed by atoms with Crippen LogP contribution >= 0.6 is 0 Å². The Bertz CT molecular complexity index is 703. The molecular weight excluding hydrogens is 246 g/mol. The lowest BCUT2D eigenvalue weighted by molar-refractivity contribution is -0.142. The average molecular weight is 259 g/mol. The van der Waals surface area contributed by atoms with Crippen molar-refractivity contribution in [3.63, 3.8) is 0 Å². The van der Waals surface area contributed by atoms with Crippen molar-refractivity contribution < 1.29 is 9.53 Å². The van der Waals surface area contributed by atoms with Gasteiger partial charge < -0.3 is 10.5 Å². The van der Waals surface area contributed by atoms with Gasteiger partial charge in [-0.1, -0.05) is 6.92 Å². The number of carbonyl (C=O) groups is 1. The highest BCUT2D eigenvalue weighted by Crippen LogP contribution is 2.34. The van der Waals surface area contributed by atoms with Crippen LogP contribution in [0.4, 0.5) is 5.82 Å². The minimum absolute atomic E-state index is 0.300. The van der Waals surface area contributed by atoms with E-state index in [9.17, 15) is 4.79 Å². The summed E-state index contributed by atoms with van der Waals surface area (Å²) in [4.78, 5) is 23.9. The second-order valence-corrected chi connectivity index (χ2v) is 4.34. The molecule has 0 aromatic carbocycles. The van der Waals surface area contributed by atoms with Crippen molar-refractivity contribution in [3.05, 3.63) is 23.8 Å². The number of nitrogens with two attached hydrogens (primary N) is 1. The van der Waals surface area contributed by atoms with Gasteiger partial charge in [-0.3, -0.25) is 4.57 Å². The SMILES string of the molecule is CCC1=C(C)C(=O)O[C@H]1n1cnc2c(N)ncnc21. The van der Waals surface area contributed by atoms with Crippen LogP contribution in [0.5, 0.6) is 0 Å². The summed E-state index contributed by atoms with van der Waals surface area (Å²) in [5, 5.41) is 0. The monoisotopic (exact) mass is 259 g/mol. The third-order valence-electron chi connectivity index (χ3n) is 3.33. The maximum absolute atomic E-state index is 11.7. The van der Waals surface area contributed by atoms with Crippen LogP contribution in [0.2, 0.25) is 0 Å². The molecule has 0 amide bonds. The maximum atomic E-state index is 11.7. The van der Waals surface area contributed by atoms with Crippen LogP contribution in [0.1, 0.15) is 26.5 Å². The van der Waals surface area contributed by atoms with E-state index < -0.39 is 6.23 Å². The second-order valence-electron chi connectivity index (χ2n) is 4.34. The summed E-state index contributed by atoms with van der Waals surface area (Å²) in [6.45, 7) is 3.75. The molecule has 1 atom stereocenters. The van der Waals surface area contributed by atoms with Crippen molar-refractivity contribution in [1.82, 2.24) is 19.5 Å². The third kappa shape index (κ3) is 1.58. The second kappa shape index (κ2) is 4.04. The van der Waals surface area contributed by atoms with Crippen LogP contribution in [0.15, 0.2) is 23.8 Å². The molecule has 0 unspecified atom stereocenters. The summed E-state index contributed by atoms with van der Waals surface area (Å²) in [5.74, 6) is 0.0116. The van der Waals surface area contributed by atoms with Gasteiger partial charge in [0.1, 0.15) is 18.2 Å². The standard InChI is InChI=1S/C12H13N5O2/c1-3-7-6(2)12(18)19-11(7)17-5-16-8-9(13)14-4-15-10(8)17/h4-5,11H,3H2,1-2H3,(H2,13,14,15)/t11-/m1/s1. The lowest BCUT2D eigenvalue weighted by Gasteiger charge is -2.15. The molecule has 3 heterocycles. The molecule has 0 spiro atoms. The number of hydrogen-bond donors (Lipinski definition) is 1. The topological polar surface area (TPSA) is 95.9 Å². The van der Waals surface area contributed by atoms with Crippen LogP contribution in [0.25, 0.3) is 11.2 Å². The van der Waals surface area contributed by atoms with Crippen molar-refractivity contribution in [2.75, 3.05) is 5.73 Å². The zero-order chi connectivity index (χ0) is 13.6. The van der Waals surface area contributed by atoms with Gasteiger partial charge in [-0.05, 0) is 13.3 Å². The summed E-state index contributed by atoms with van der Waals surface area (Å²) in [6, 6.07) is 0. The Morgan fingerprint density at radius 3 is 2.95 bits per heavy atom. The number of carbonyl (C=O) groups excluding carboxylic acids is 1. The molecule has 2 aromatic rings. The van der Waals surface area contributed by atoms with E-state index in [-0.39, 0.29) is 5.97 Å². The molecule has 0 radical (unpaired) electrons. The van der Waals surface area contributed by atoms with Crippen molar-refractivity contribution >= 4 is 23.0 Å². The van der Waals surface area contributed by atoms with Crippen molar-refractivity contribution in [3.8, 4) is 0 Å². The first-order chi connectivity index (χ1) is 9.13. The van der Waals surface area contributed by atoms with Crippen LogP contribution in [-0.4, -0.2) is 25.5 Å². The van der Waals surface area contributed by atoms with E-state index >= 15 is 0 Å². The number of imidazole rings is 1. The minimum atomic E-state index is -0.489. The zero-order valence-electron chi connectivity index (χ0n) is 10.6. The molecule has 1 aliphatic heterocycles. The summed E-state index contributed by atoms with van der Waals surface area (Å²) in [7, 11) is 0. The normalized spacial score (nSPS) is 19.3. The van der Waals surface area contributed by atoms with Gasteiger partial charge in [0.2, 0.25) is 6.23 Å². The molecule has 2 N–H and O–H groups in total. The van der Waals surface area contributed by atoms with E-state index in [1.807, 2.05) is 6.92 Å². The van der Waals surface area contributed by atoms with E-state index in [4.69, 9.17) is 10.5 Å². The van der Waals surface area contributed by atoms with Crippen molar-refractivity contribution in [2.24, 2.45) is 0 Å². The van der Waals surface area contributed by atoms with Gasteiger partial charge in [-0.15, -0.1) is 0 Å². The Morgan fingerprint density at radius 1 is 1.42 bits per heavy atom. The maximum Gasteiger partial charge on any atom is 0.336 e. The molecular formula is C12H13N5O2. The lowest BCUT2D eigenvalue weighted by Crippen LogP contribution is -2.12. The van der Waals surface area contributed by atoms with E-state index in [2.05, 4.69) is 15.0 Å². The predicted molar refractivity (Wildman–Crippen MR) is 67.9 cm³/mol. The van der Waals surface area contributed by atoms with Crippen LogP contribution < -0.4 is 5.73 Å². The van der Waals surface area contributed by atoms with Crippen LogP contribution in [0.3, 0.4) is 0 Å². The first-order valence-electron chi connectivity index (χ1n) is 5.97. The Hall–Kier alpha value is -2.44. The van der Waals surface area contributed by atoms with Crippen LogP contribution in [-0.2, 0) is 9.53 Å². The number of nitrogen functional groups attached to an aromatic ring is 1. The number of rotatable bonds is 2. The zero-order valence-corrected chi connectivity index (χ0v) is 10.6. The predicted octanol–water partition coefficient (Wildman–Crippen LogP) is 1.19. The van der Waals surface area contributed by atoms with E-state index in [1.165, 1.54) is 6.33 Å². The molecule has 0 fully saturated rings. The summed E-state index contributed by atoms with van der Waals surface area (Å²) >= 11 is 0. The molecule has 98 valence electrons. The number of esters is 1. The molecule has 1 aliphatic rings. The highest BCUT2D eigenvalue weighted by atomic mass is 16.6. The Kier molecular flexibility index (Phi) is 2.48. The number of anilines is 1. The molecule has 7 nitrogen and oxygen atoms in total. The Morgan fingerprint density at radius 2 is 2.21 bits per heavy atom. The Balaban J connectivity index is 2.16. The fourth-order valence-electron chi connectivity index (χ4n) is 2.28. The summed E-state index contributed by atoms with van der Waals surface area (Å²) in [6.07, 6.45) is 3.18. The highest BCUT2D eigenvalue weighted by molar-refractivity contribution is 5.91. The number of hydrogen-bond acceptors (Lipinski definition) is 6. The number of cyclic esters (lactones) is 1. The van der Waals surface area contributed by atoms with Gasteiger partial charge in [0.15, 0.2) is 11.5 Å². The van der Waals surface area contributed by atoms with Gasteiger partial charge >= 0.3 is 5.97 Å².